The van der Waals surface area contributed by atoms with Gasteiger partial charge in [-0.1, -0.05) is 12.5 Å². The summed E-state index contributed by atoms with van der Waals surface area (Å²) in [4.78, 5) is 4.21. The van der Waals surface area contributed by atoms with Crippen molar-refractivity contribution < 1.29 is 4.74 Å². The lowest BCUT2D eigenvalue weighted by molar-refractivity contribution is 0.392. The number of rotatable bonds is 2. The fourth-order valence-corrected chi connectivity index (χ4v) is 1.85. The summed E-state index contributed by atoms with van der Waals surface area (Å²) in [5, 5.41) is 3.49. The molecule has 0 radical (unpaired) electrons. The van der Waals surface area contributed by atoms with Crippen LogP contribution in [0, 0.1) is 0 Å². The zero-order valence-electron chi connectivity index (χ0n) is 8.49. The third-order valence-corrected chi connectivity index (χ3v) is 2.68. The molecule has 76 valence electrons. The normalized spacial score (nSPS) is 21.9. The monoisotopic (exact) mass is 192 g/mol. The molecular formula is C11H16N2O. The van der Waals surface area contributed by atoms with Gasteiger partial charge in [0.2, 0.25) is 5.88 Å². The molecule has 0 spiro atoms. The van der Waals surface area contributed by atoms with Crippen molar-refractivity contribution in [1.82, 2.24) is 10.3 Å². The quantitative estimate of drug-likeness (QED) is 0.777. The Morgan fingerprint density at radius 1 is 1.43 bits per heavy atom. The first kappa shape index (κ1) is 9.46. The average molecular weight is 192 g/mol. The van der Waals surface area contributed by atoms with Crippen molar-refractivity contribution in [1.29, 1.82) is 0 Å². The van der Waals surface area contributed by atoms with Crippen LogP contribution in [0.5, 0.6) is 5.88 Å². The predicted octanol–water partition coefficient (Wildman–Crippen LogP) is 1.90. The largest absolute Gasteiger partial charge is 0.481 e. The van der Waals surface area contributed by atoms with Crippen LogP contribution in [-0.2, 0) is 0 Å². The summed E-state index contributed by atoms with van der Waals surface area (Å²) in [5.74, 6) is 0.685. The van der Waals surface area contributed by atoms with Gasteiger partial charge >= 0.3 is 0 Å². The minimum absolute atomic E-state index is 0.488. The van der Waals surface area contributed by atoms with E-state index in [-0.39, 0.29) is 0 Å². The van der Waals surface area contributed by atoms with Crippen molar-refractivity contribution >= 4 is 0 Å². The van der Waals surface area contributed by atoms with Gasteiger partial charge in [-0.15, -0.1) is 0 Å². The van der Waals surface area contributed by atoms with E-state index in [4.69, 9.17) is 4.74 Å². The summed E-state index contributed by atoms with van der Waals surface area (Å²) < 4.78 is 5.02. The fourth-order valence-electron chi connectivity index (χ4n) is 1.85. The first-order chi connectivity index (χ1) is 6.90. The molecule has 0 amide bonds. The molecule has 1 N–H and O–H groups in total. The summed E-state index contributed by atoms with van der Waals surface area (Å²) >= 11 is 0. The molecule has 3 heteroatoms. The van der Waals surface area contributed by atoms with E-state index in [9.17, 15) is 0 Å². The van der Waals surface area contributed by atoms with E-state index in [1.807, 2.05) is 12.3 Å². The Balaban J connectivity index is 2.07. The number of ether oxygens (including phenoxy) is 1. The van der Waals surface area contributed by atoms with Crippen molar-refractivity contribution in [2.75, 3.05) is 13.7 Å². The Morgan fingerprint density at radius 2 is 2.36 bits per heavy atom. The molecule has 1 aromatic heterocycles. The Labute approximate surface area is 84.5 Å². The van der Waals surface area contributed by atoms with Gasteiger partial charge in [-0.25, -0.2) is 4.98 Å². The SMILES string of the molecule is COc1ccc([C@H]2CCCCN2)cn1. The van der Waals surface area contributed by atoms with Crippen LogP contribution in [-0.4, -0.2) is 18.6 Å². The second kappa shape index (κ2) is 4.42. The Hall–Kier alpha value is -1.09. The molecule has 2 heterocycles. The summed E-state index contributed by atoms with van der Waals surface area (Å²) in [6.45, 7) is 1.12. The van der Waals surface area contributed by atoms with E-state index in [2.05, 4.69) is 16.4 Å². The van der Waals surface area contributed by atoms with Crippen LogP contribution < -0.4 is 10.1 Å². The molecule has 1 aromatic rings. The molecule has 0 bridgehead atoms. The smallest absolute Gasteiger partial charge is 0.212 e. The third-order valence-electron chi connectivity index (χ3n) is 2.68. The molecule has 1 aliphatic heterocycles. The van der Waals surface area contributed by atoms with Crippen LogP contribution in [0.4, 0.5) is 0 Å². The van der Waals surface area contributed by atoms with Gasteiger partial charge in [0.25, 0.3) is 0 Å². The highest BCUT2D eigenvalue weighted by Crippen LogP contribution is 2.22. The van der Waals surface area contributed by atoms with Crippen LogP contribution in [0.25, 0.3) is 0 Å². The number of methoxy groups -OCH3 is 1. The van der Waals surface area contributed by atoms with Gasteiger partial charge in [-0.3, -0.25) is 0 Å². The Bertz CT molecular complexity index is 278. The maximum Gasteiger partial charge on any atom is 0.212 e. The van der Waals surface area contributed by atoms with Crippen molar-refractivity contribution in [3.63, 3.8) is 0 Å². The number of hydrogen-bond donors (Lipinski definition) is 1. The van der Waals surface area contributed by atoms with Gasteiger partial charge in [-0.05, 0) is 24.9 Å². The van der Waals surface area contributed by atoms with Crippen molar-refractivity contribution in [3.05, 3.63) is 23.9 Å². The lowest BCUT2D eigenvalue weighted by atomic mass is 9.99. The van der Waals surface area contributed by atoms with Crippen LogP contribution in [0.3, 0.4) is 0 Å². The first-order valence-electron chi connectivity index (χ1n) is 5.13. The topological polar surface area (TPSA) is 34.1 Å². The first-order valence-corrected chi connectivity index (χ1v) is 5.13. The molecule has 3 nitrogen and oxygen atoms in total. The zero-order chi connectivity index (χ0) is 9.80. The predicted molar refractivity (Wildman–Crippen MR) is 55.4 cm³/mol. The molecule has 0 unspecified atom stereocenters. The molecule has 0 saturated carbocycles. The lowest BCUT2D eigenvalue weighted by Crippen LogP contribution is -2.26. The minimum atomic E-state index is 0.488. The second-order valence-corrected chi connectivity index (χ2v) is 3.64. The van der Waals surface area contributed by atoms with Crippen LogP contribution in [0.1, 0.15) is 30.9 Å². The summed E-state index contributed by atoms with van der Waals surface area (Å²) in [6.07, 6.45) is 5.72. The molecule has 1 atom stereocenters. The van der Waals surface area contributed by atoms with E-state index < -0.39 is 0 Å². The van der Waals surface area contributed by atoms with Crippen LogP contribution in [0.2, 0.25) is 0 Å². The van der Waals surface area contributed by atoms with E-state index in [1.165, 1.54) is 24.8 Å². The number of pyridine rings is 1. The van der Waals surface area contributed by atoms with Crippen molar-refractivity contribution in [2.45, 2.75) is 25.3 Å². The second-order valence-electron chi connectivity index (χ2n) is 3.64. The molecular weight excluding hydrogens is 176 g/mol. The Kier molecular flexibility index (Phi) is 2.99. The maximum atomic E-state index is 5.02. The van der Waals surface area contributed by atoms with E-state index in [0.29, 0.717) is 11.9 Å². The summed E-state index contributed by atoms with van der Waals surface area (Å²) in [6, 6.07) is 4.50. The molecule has 1 aliphatic rings. The highest BCUT2D eigenvalue weighted by atomic mass is 16.5. The standard InChI is InChI=1S/C11H16N2O/c1-14-11-6-5-9(8-13-11)10-4-2-3-7-12-10/h5-6,8,10,12H,2-4,7H2,1H3/t10-/m1/s1. The molecule has 1 fully saturated rings. The maximum absolute atomic E-state index is 5.02. The number of hydrogen-bond acceptors (Lipinski definition) is 3. The Morgan fingerprint density at radius 3 is 2.93 bits per heavy atom. The van der Waals surface area contributed by atoms with Crippen LogP contribution >= 0.6 is 0 Å². The minimum Gasteiger partial charge on any atom is -0.481 e. The number of nitrogens with one attached hydrogen (secondary N) is 1. The van der Waals surface area contributed by atoms with Gasteiger partial charge < -0.3 is 10.1 Å². The number of piperidine rings is 1. The average Bonchev–Trinajstić information content (AvgIpc) is 2.30. The zero-order valence-corrected chi connectivity index (χ0v) is 8.49. The van der Waals surface area contributed by atoms with Crippen molar-refractivity contribution in [2.24, 2.45) is 0 Å². The van der Waals surface area contributed by atoms with Gasteiger partial charge in [0.05, 0.1) is 7.11 Å². The summed E-state index contributed by atoms with van der Waals surface area (Å²) in [7, 11) is 1.64. The molecule has 0 aliphatic carbocycles. The number of aromatic nitrogens is 1. The molecule has 14 heavy (non-hydrogen) atoms. The molecule has 0 aromatic carbocycles. The van der Waals surface area contributed by atoms with E-state index >= 15 is 0 Å². The van der Waals surface area contributed by atoms with Gasteiger partial charge in [0.15, 0.2) is 0 Å². The van der Waals surface area contributed by atoms with E-state index in [1.54, 1.807) is 7.11 Å². The molecule has 2 rings (SSSR count). The molecule has 1 saturated heterocycles. The fraction of sp³-hybridized carbons (Fsp3) is 0.545. The number of nitrogens with zero attached hydrogens (tertiary/aromatic N) is 1. The highest BCUT2D eigenvalue weighted by Gasteiger charge is 2.14. The highest BCUT2D eigenvalue weighted by molar-refractivity contribution is 5.21. The van der Waals surface area contributed by atoms with Crippen LogP contribution in [0.15, 0.2) is 18.3 Å². The van der Waals surface area contributed by atoms with Gasteiger partial charge in [0.1, 0.15) is 0 Å². The van der Waals surface area contributed by atoms with Gasteiger partial charge in [-0.2, -0.15) is 0 Å². The van der Waals surface area contributed by atoms with E-state index in [0.717, 1.165) is 6.54 Å². The van der Waals surface area contributed by atoms with Gasteiger partial charge in [0, 0.05) is 18.3 Å². The lowest BCUT2D eigenvalue weighted by Gasteiger charge is -2.23. The van der Waals surface area contributed by atoms with Crippen molar-refractivity contribution in [3.8, 4) is 5.88 Å². The third kappa shape index (κ3) is 2.04. The summed E-state index contributed by atoms with van der Waals surface area (Å²) in [5.41, 5.74) is 1.27.